The van der Waals surface area contributed by atoms with Crippen molar-refractivity contribution in [3.63, 3.8) is 0 Å². The molecule has 1 saturated heterocycles. The summed E-state index contributed by atoms with van der Waals surface area (Å²) in [6, 6.07) is 0. The molecule has 0 spiro atoms. The summed E-state index contributed by atoms with van der Waals surface area (Å²) < 4.78 is 5.42. The van der Waals surface area contributed by atoms with Crippen molar-refractivity contribution in [2.75, 3.05) is 13.8 Å². The standard InChI is InChI=1S/C9H15NO/c1-5-8-9(7(2)3)10(4)6-11-8/h5H,6H2,1-4H3. The first kappa shape index (κ1) is 8.18. The van der Waals surface area contributed by atoms with Crippen molar-refractivity contribution < 1.29 is 4.74 Å². The van der Waals surface area contributed by atoms with Gasteiger partial charge >= 0.3 is 0 Å². The van der Waals surface area contributed by atoms with Gasteiger partial charge in [0.15, 0.2) is 6.73 Å². The van der Waals surface area contributed by atoms with Crippen LogP contribution in [-0.4, -0.2) is 18.7 Å². The van der Waals surface area contributed by atoms with E-state index in [-0.39, 0.29) is 0 Å². The molecule has 0 amide bonds. The van der Waals surface area contributed by atoms with E-state index in [9.17, 15) is 0 Å². The van der Waals surface area contributed by atoms with Gasteiger partial charge in [-0.3, -0.25) is 0 Å². The molecule has 0 aromatic carbocycles. The van der Waals surface area contributed by atoms with Crippen molar-refractivity contribution in [1.82, 2.24) is 4.90 Å². The van der Waals surface area contributed by atoms with Gasteiger partial charge in [-0.2, -0.15) is 0 Å². The minimum atomic E-state index is 0.681. The van der Waals surface area contributed by atoms with Crippen molar-refractivity contribution in [3.05, 3.63) is 23.1 Å². The molecule has 0 bridgehead atoms. The lowest BCUT2D eigenvalue weighted by Gasteiger charge is -2.10. The van der Waals surface area contributed by atoms with Gasteiger partial charge in [0.05, 0.1) is 5.70 Å². The Morgan fingerprint density at radius 2 is 2.18 bits per heavy atom. The number of ether oxygens (including phenoxy) is 1. The van der Waals surface area contributed by atoms with Crippen LogP contribution in [0.4, 0.5) is 0 Å². The van der Waals surface area contributed by atoms with Crippen LogP contribution in [0.3, 0.4) is 0 Å². The van der Waals surface area contributed by atoms with E-state index in [1.54, 1.807) is 0 Å². The molecule has 1 fully saturated rings. The lowest BCUT2D eigenvalue weighted by atomic mass is 10.2. The number of likely N-dealkylation sites (N-methyl/N-ethyl adjacent to an activating group) is 1. The Kier molecular flexibility index (Phi) is 2.22. The molecule has 62 valence electrons. The highest BCUT2D eigenvalue weighted by Gasteiger charge is 2.19. The third-order valence-corrected chi connectivity index (χ3v) is 1.76. The summed E-state index contributed by atoms with van der Waals surface area (Å²) in [6.45, 7) is 6.88. The highest BCUT2D eigenvalue weighted by molar-refractivity contribution is 5.30. The molecule has 1 rings (SSSR count). The normalized spacial score (nSPS) is 20.9. The van der Waals surface area contributed by atoms with Crippen molar-refractivity contribution in [2.24, 2.45) is 0 Å². The predicted molar refractivity (Wildman–Crippen MR) is 45.8 cm³/mol. The third kappa shape index (κ3) is 1.39. The molecule has 11 heavy (non-hydrogen) atoms. The topological polar surface area (TPSA) is 12.5 Å². The van der Waals surface area contributed by atoms with Crippen molar-refractivity contribution in [2.45, 2.75) is 20.8 Å². The van der Waals surface area contributed by atoms with E-state index in [4.69, 9.17) is 4.74 Å². The highest BCUT2D eigenvalue weighted by Crippen LogP contribution is 2.25. The van der Waals surface area contributed by atoms with Gasteiger partial charge in [-0.15, -0.1) is 0 Å². The maximum Gasteiger partial charge on any atom is 0.161 e. The average Bonchev–Trinajstić information content (AvgIpc) is 2.30. The maximum absolute atomic E-state index is 5.42. The molecule has 0 aromatic heterocycles. The minimum Gasteiger partial charge on any atom is -0.471 e. The quantitative estimate of drug-likeness (QED) is 0.528. The van der Waals surface area contributed by atoms with Crippen molar-refractivity contribution >= 4 is 0 Å². The van der Waals surface area contributed by atoms with Gasteiger partial charge < -0.3 is 9.64 Å². The summed E-state index contributed by atoms with van der Waals surface area (Å²) in [5, 5.41) is 0. The molecular formula is C9H15NO. The minimum absolute atomic E-state index is 0.681. The van der Waals surface area contributed by atoms with E-state index in [0.717, 1.165) is 5.76 Å². The Balaban J connectivity index is 2.99. The van der Waals surface area contributed by atoms with Crippen molar-refractivity contribution in [3.8, 4) is 0 Å². The van der Waals surface area contributed by atoms with E-state index < -0.39 is 0 Å². The molecular weight excluding hydrogens is 138 g/mol. The first-order chi connectivity index (χ1) is 5.16. The molecule has 0 saturated carbocycles. The van der Waals surface area contributed by atoms with Crippen molar-refractivity contribution in [1.29, 1.82) is 0 Å². The Labute approximate surface area is 68.1 Å². The fourth-order valence-corrected chi connectivity index (χ4v) is 1.34. The summed E-state index contributed by atoms with van der Waals surface area (Å²) in [6.07, 6.45) is 2.01. The van der Waals surface area contributed by atoms with E-state index >= 15 is 0 Å². The maximum atomic E-state index is 5.42. The summed E-state index contributed by atoms with van der Waals surface area (Å²) in [7, 11) is 2.04. The van der Waals surface area contributed by atoms with E-state index in [1.165, 1.54) is 11.3 Å². The van der Waals surface area contributed by atoms with Gasteiger partial charge in [0, 0.05) is 7.05 Å². The molecule has 1 heterocycles. The van der Waals surface area contributed by atoms with Crippen LogP contribution >= 0.6 is 0 Å². The number of nitrogens with zero attached hydrogens (tertiary/aromatic N) is 1. The van der Waals surface area contributed by atoms with Gasteiger partial charge in [0.2, 0.25) is 0 Å². The van der Waals surface area contributed by atoms with Gasteiger partial charge in [0.1, 0.15) is 5.76 Å². The SMILES string of the molecule is CC=C1OCN(C)C1=C(C)C. The molecule has 0 radical (unpaired) electrons. The fourth-order valence-electron chi connectivity index (χ4n) is 1.34. The zero-order chi connectivity index (χ0) is 8.43. The Bertz CT molecular complexity index is 212. The Hall–Kier alpha value is -0.920. The lowest BCUT2D eigenvalue weighted by molar-refractivity contribution is 0.192. The second-order valence-electron chi connectivity index (χ2n) is 2.97. The van der Waals surface area contributed by atoms with Gasteiger partial charge in [-0.05, 0) is 32.4 Å². The van der Waals surface area contributed by atoms with Crippen LogP contribution in [0.1, 0.15) is 20.8 Å². The van der Waals surface area contributed by atoms with Crippen LogP contribution in [-0.2, 0) is 4.74 Å². The number of hydrogen-bond donors (Lipinski definition) is 0. The molecule has 0 aliphatic carbocycles. The molecule has 1 aliphatic heterocycles. The van der Waals surface area contributed by atoms with Gasteiger partial charge in [-0.1, -0.05) is 0 Å². The lowest BCUT2D eigenvalue weighted by Crippen LogP contribution is -2.11. The van der Waals surface area contributed by atoms with E-state index in [2.05, 4.69) is 18.7 Å². The van der Waals surface area contributed by atoms with Crippen LogP contribution in [0.2, 0.25) is 0 Å². The van der Waals surface area contributed by atoms with Crippen LogP contribution in [0, 0.1) is 0 Å². The summed E-state index contributed by atoms with van der Waals surface area (Å²) in [4.78, 5) is 2.12. The first-order valence-electron chi connectivity index (χ1n) is 3.85. The number of rotatable bonds is 0. The molecule has 0 unspecified atom stereocenters. The smallest absolute Gasteiger partial charge is 0.161 e. The molecule has 0 aromatic rings. The molecule has 1 aliphatic rings. The average molecular weight is 153 g/mol. The zero-order valence-corrected chi connectivity index (χ0v) is 7.64. The number of allylic oxidation sites excluding steroid dienone is 2. The molecule has 0 atom stereocenters. The second-order valence-corrected chi connectivity index (χ2v) is 2.97. The monoisotopic (exact) mass is 153 g/mol. The second kappa shape index (κ2) is 2.99. The molecule has 0 N–H and O–H groups in total. The van der Waals surface area contributed by atoms with E-state index in [0.29, 0.717) is 6.73 Å². The highest BCUT2D eigenvalue weighted by atomic mass is 16.5. The van der Waals surface area contributed by atoms with Gasteiger partial charge in [-0.25, -0.2) is 0 Å². The third-order valence-electron chi connectivity index (χ3n) is 1.76. The summed E-state index contributed by atoms with van der Waals surface area (Å²) in [5.74, 6) is 1.01. The van der Waals surface area contributed by atoms with E-state index in [1.807, 2.05) is 20.0 Å². The Morgan fingerprint density at radius 3 is 2.55 bits per heavy atom. The Morgan fingerprint density at radius 1 is 1.55 bits per heavy atom. The van der Waals surface area contributed by atoms with Crippen LogP contribution in [0.15, 0.2) is 23.1 Å². The van der Waals surface area contributed by atoms with Crippen LogP contribution < -0.4 is 0 Å². The first-order valence-corrected chi connectivity index (χ1v) is 3.85. The van der Waals surface area contributed by atoms with Crippen LogP contribution in [0.25, 0.3) is 0 Å². The number of hydrogen-bond acceptors (Lipinski definition) is 2. The van der Waals surface area contributed by atoms with Gasteiger partial charge in [0.25, 0.3) is 0 Å². The predicted octanol–water partition coefficient (Wildman–Crippen LogP) is 2.10. The largest absolute Gasteiger partial charge is 0.471 e. The molecule has 2 nitrogen and oxygen atoms in total. The fraction of sp³-hybridized carbons (Fsp3) is 0.556. The summed E-state index contributed by atoms with van der Waals surface area (Å²) >= 11 is 0. The van der Waals surface area contributed by atoms with Crippen LogP contribution in [0.5, 0.6) is 0 Å². The zero-order valence-electron chi connectivity index (χ0n) is 7.64. The summed E-state index contributed by atoms with van der Waals surface area (Å²) in [5.41, 5.74) is 2.53. The molecule has 2 heteroatoms.